The van der Waals surface area contributed by atoms with Crippen LogP contribution < -0.4 is 10.6 Å². The molecular formula is C21H38N2O5. The first-order valence-corrected chi connectivity index (χ1v) is 10.7. The van der Waals surface area contributed by atoms with Crippen LogP contribution in [0.25, 0.3) is 0 Å². The Morgan fingerprint density at radius 3 is 2.32 bits per heavy atom. The van der Waals surface area contributed by atoms with Crippen LogP contribution in [0.1, 0.15) is 72.1 Å². The van der Waals surface area contributed by atoms with Gasteiger partial charge >= 0.3 is 0 Å². The van der Waals surface area contributed by atoms with E-state index in [-0.39, 0.29) is 35.7 Å². The van der Waals surface area contributed by atoms with E-state index in [4.69, 9.17) is 9.47 Å². The minimum absolute atomic E-state index is 0.00329. The molecule has 0 spiro atoms. The van der Waals surface area contributed by atoms with Gasteiger partial charge in [-0.2, -0.15) is 0 Å². The zero-order chi connectivity index (χ0) is 20.8. The maximum Gasteiger partial charge on any atom is 0.223 e. The summed E-state index contributed by atoms with van der Waals surface area (Å²) < 4.78 is 10.8. The first-order chi connectivity index (χ1) is 13.4. The summed E-state index contributed by atoms with van der Waals surface area (Å²) in [5.74, 6) is 0.301. The van der Waals surface area contributed by atoms with Crippen molar-refractivity contribution in [3.63, 3.8) is 0 Å². The normalized spacial score (nSPS) is 19.4. The van der Waals surface area contributed by atoms with Gasteiger partial charge < -0.3 is 20.1 Å². The molecule has 28 heavy (non-hydrogen) atoms. The van der Waals surface area contributed by atoms with Crippen molar-refractivity contribution < 1.29 is 23.9 Å². The maximum absolute atomic E-state index is 12.2. The monoisotopic (exact) mass is 398 g/mol. The molecule has 1 saturated carbocycles. The lowest BCUT2D eigenvalue weighted by Crippen LogP contribution is -2.41. The first kappa shape index (κ1) is 24.6. The van der Waals surface area contributed by atoms with Crippen LogP contribution in [0.3, 0.4) is 0 Å². The number of carbonyl (C=O) groups excluding carboxylic acids is 3. The number of carbonyl (C=O) groups is 3. The summed E-state index contributed by atoms with van der Waals surface area (Å²) >= 11 is 0. The van der Waals surface area contributed by atoms with Gasteiger partial charge in [0.15, 0.2) is 0 Å². The summed E-state index contributed by atoms with van der Waals surface area (Å²) in [6, 6.07) is 0.152. The zero-order valence-corrected chi connectivity index (χ0v) is 17.8. The highest BCUT2D eigenvalue weighted by Gasteiger charge is 2.26. The summed E-state index contributed by atoms with van der Waals surface area (Å²) in [5, 5.41) is 5.95. The zero-order valence-electron chi connectivity index (χ0n) is 17.8. The fraction of sp³-hybridized carbons (Fsp3) is 0.857. The fourth-order valence-electron chi connectivity index (χ4n) is 3.27. The average Bonchev–Trinajstić information content (AvgIpc) is 2.65. The third-order valence-electron chi connectivity index (χ3n) is 4.84. The van der Waals surface area contributed by atoms with Gasteiger partial charge in [0.2, 0.25) is 11.8 Å². The molecule has 0 unspecified atom stereocenters. The lowest BCUT2D eigenvalue weighted by atomic mass is 9.85. The van der Waals surface area contributed by atoms with E-state index in [9.17, 15) is 14.4 Å². The molecule has 0 saturated heterocycles. The Balaban J connectivity index is 2.07. The number of rotatable bonds is 14. The Morgan fingerprint density at radius 1 is 0.964 bits per heavy atom. The van der Waals surface area contributed by atoms with Gasteiger partial charge in [-0.05, 0) is 46.0 Å². The molecule has 1 aliphatic rings. The van der Waals surface area contributed by atoms with Gasteiger partial charge in [-0.3, -0.25) is 14.4 Å². The van der Waals surface area contributed by atoms with E-state index in [1.54, 1.807) is 0 Å². The molecule has 0 aliphatic heterocycles. The summed E-state index contributed by atoms with van der Waals surface area (Å²) in [7, 11) is 0. The van der Waals surface area contributed by atoms with Gasteiger partial charge in [0.25, 0.3) is 0 Å². The van der Waals surface area contributed by atoms with Crippen LogP contribution in [-0.4, -0.2) is 56.1 Å². The highest BCUT2D eigenvalue weighted by atomic mass is 16.5. The van der Waals surface area contributed by atoms with Crippen LogP contribution >= 0.6 is 0 Å². The molecule has 2 N–H and O–H groups in total. The van der Waals surface area contributed by atoms with Crippen molar-refractivity contribution in [1.82, 2.24) is 10.6 Å². The van der Waals surface area contributed by atoms with Gasteiger partial charge in [0, 0.05) is 37.8 Å². The van der Waals surface area contributed by atoms with Crippen LogP contribution in [0.4, 0.5) is 0 Å². The predicted molar refractivity (Wildman–Crippen MR) is 108 cm³/mol. The van der Waals surface area contributed by atoms with Crippen molar-refractivity contribution in [2.24, 2.45) is 5.92 Å². The van der Waals surface area contributed by atoms with Crippen molar-refractivity contribution in [2.75, 3.05) is 26.4 Å². The standard InChI is InChI=1S/C21H38N2O5/c1-4-5-19(24)10-13-27-15-12-22-21(26)17-6-8-18(9-7-17)23-20(25)11-14-28-16(2)3/h16-18H,4-15H2,1-3H3,(H,22,26)(H,23,25). The number of Topliss-reactive ketones (excluding diaryl/α,β-unsaturated/α-hetero) is 1. The minimum Gasteiger partial charge on any atom is -0.379 e. The lowest BCUT2D eigenvalue weighted by molar-refractivity contribution is -0.127. The molecule has 1 rings (SSSR count). The summed E-state index contributed by atoms with van der Waals surface area (Å²) in [5.41, 5.74) is 0. The van der Waals surface area contributed by atoms with Crippen molar-refractivity contribution in [3.8, 4) is 0 Å². The number of ether oxygens (including phenoxy) is 2. The average molecular weight is 399 g/mol. The number of nitrogens with one attached hydrogen (secondary N) is 2. The molecule has 0 heterocycles. The largest absolute Gasteiger partial charge is 0.379 e. The molecule has 7 heteroatoms. The highest BCUT2D eigenvalue weighted by Crippen LogP contribution is 2.24. The van der Waals surface area contributed by atoms with Crippen molar-refractivity contribution in [3.05, 3.63) is 0 Å². The van der Waals surface area contributed by atoms with E-state index in [1.807, 2.05) is 20.8 Å². The quantitative estimate of drug-likeness (QED) is 0.438. The number of amides is 2. The van der Waals surface area contributed by atoms with Gasteiger partial charge in [-0.1, -0.05) is 6.92 Å². The number of ketones is 1. The SMILES string of the molecule is CCCC(=O)CCOCCNC(=O)C1CCC(NC(=O)CCOC(C)C)CC1. The van der Waals surface area contributed by atoms with Gasteiger partial charge in [0.05, 0.1) is 25.9 Å². The van der Waals surface area contributed by atoms with Crippen LogP contribution in [0.15, 0.2) is 0 Å². The second-order valence-corrected chi connectivity index (χ2v) is 7.73. The molecular weight excluding hydrogens is 360 g/mol. The topological polar surface area (TPSA) is 93.7 Å². The molecule has 162 valence electrons. The summed E-state index contributed by atoms with van der Waals surface area (Å²) in [4.78, 5) is 35.5. The summed E-state index contributed by atoms with van der Waals surface area (Å²) in [6.45, 7) is 7.63. The molecule has 0 aromatic carbocycles. The molecule has 0 aromatic rings. The number of hydrogen-bond acceptors (Lipinski definition) is 5. The maximum atomic E-state index is 12.2. The summed E-state index contributed by atoms with van der Waals surface area (Å²) in [6.07, 6.45) is 5.65. The second kappa shape index (κ2) is 14.5. The molecule has 0 aromatic heterocycles. The van der Waals surface area contributed by atoms with E-state index in [0.29, 0.717) is 45.6 Å². The van der Waals surface area contributed by atoms with Crippen molar-refractivity contribution >= 4 is 17.6 Å². The molecule has 1 aliphatic carbocycles. The third-order valence-corrected chi connectivity index (χ3v) is 4.84. The van der Waals surface area contributed by atoms with Crippen molar-refractivity contribution in [1.29, 1.82) is 0 Å². The Hall–Kier alpha value is -1.47. The predicted octanol–water partition coefficient (Wildman–Crippen LogP) is 2.37. The molecule has 7 nitrogen and oxygen atoms in total. The van der Waals surface area contributed by atoms with Crippen molar-refractivity contribution in [2.45, 2.75) is 84.3 Å². The first-order valence-electron chi connectivity index (χ1n) is 10.7. The fourth-order valence-corrected chi connectivity index (χ4v) is 3.27. The van der Waals surface area contributed by atoms with E-state index in [0.717, 1.165) is 32.1 Å². The van der Waals surface area contributed by atoms with Gasteiger partial charge in [-0.25, -0.2) is 0 Å². The smallest absolute Gasteiger partial charge is 0.223 e. The molecule has 0 atom stereocenters. The minimum atomic E-state index is 0.00329. The van der Waals surface area contributed by atoms with E-state index < -0.39 is 0 Å². The Kier molecular flexibility index (Phi) is 12.7. The van der Waals surface area contributed by atoms with Crippen LogP contribution in [0.5, 0.6) is 0 Å². The third kappa shape index (κ3) is 11.4. The molecule has 1 fully saturated rings. The van der Waals surface area contributed by atoms with E-state index in [1.165, 1.54) is 0 Å². The Morgan fingerprint density at radius 2 is 1.68 bits per heavy atom. The van der Waals surface area contributed by atoms with Gasteiger partial charge in [-0.15, -0.1) is 0 Å². The lowest BCUT2D eigenvalue weighted by Gasteiger charge is -2.28. The van der Waals surface area contributed by atoms with E-state index in [2.05, 4.69) is 10.6 Å². The second-order valence-electron chi connectivity index (χ2n) is 7.73. The van der Waals surface area contributed by atoms with Gasteiger partial charge in [0.1, 0.15) is 5.78 Å². The Labute approximate surface area is 169 Å². The van der Waals surface area contributed by atoms with Crippen LogP contribution in [0.2, 0.25) is 0 Å². The van der Waals surface area contributed by atoms with Crippen LogP contribution in [0, 0.1) is 5.92 Å². The Bertz CT molecular complexity index is 473. The highest BCUT2D eigenvalue weighted by molar-refractivity contribution is 5.79. The van der Waals surface area contributed by atoms with Crippen LogP contribution in [-0.2, 0) is 23.9 Å². The van der Waals surface area contributed by atoms with E-state index >= 15 is 0 Å². The molecule has 2 amide bonds. The molecule has 0 bridgehead atoms. The molecule has 0 radical (unpaired) electrons. The number of hydrogen-bond donors (Lipinski definition) is 2.